The van der Waals surface area contributed by atoms with Gasteiger partial charge in [-0.1, -0.05) is 30.4 Å². The summed E-state index contributed by atoms with van der Waals surface area (Å²) in [7, 11) is 1.79. The van der Waals surface area contributed by atoms with Crippen molar-refractivity contribution in [2.75, 3.05) is 4.90 Å². The molecule has 0 fully saturated rings. The van der Waals surface area contributed by atoms with E-state index in [0.717, 1.165) is 27.8 Å². The molecular formula is C21H21N5OS. The topological polar surface area (TPSA) is 63.9 Å². The van der Waals surface area contributed by atoms with Crippen LogP contribution in [0, 0.1) is 6.92 Å². The van der Waals surface area contributed by atoms with E-state index < -0.39 is 0 Å². The lowest BCUT2D eigenvalue weighted by Crippen LogP contribution is -2.32. The molecule has 0 aliphatic carbocycles. The zero-order valence-corrected chi connectivity index (χ0v) is 16.9. The third kappa shape index (κ3) is 3.41. The molecule has 0 spiro atoms. The summed E-state index contributed by atoms with van der Waals surface area (Å²) < 4.78 is 2.70. The van der Waals surface area contributed by atoms with Crippen molar-refractivity contribution >= 4 is 32.6 Å². The van der Waals surface area contributed by atoms with Crippen LogP contribution < -0.4 is 4.90 Å². The Morgan fingerprint density at radius 1 is 1.21 bits per heavy atom. The molecule has 0 radical (unpaired) electrons. The molecule has 4 rings (SSSR count). The maximum absolute atomic E-state index is 13.5. The van der Waals surface area contributed by atoms with E-state index in [0.29, 0.717) is 17.4 Å². The van der Waals surface area contributed by atoms with E-state index >= 15 is 0 Å². The van der Waals surface area contributed by atoms with Crippen LogP contribution in [0.4, 0.5) is 5.13 Å². The molecule has 28 heavy (non-hydrogen) atoms. The first-order valence-electron chi connectivity index (χ1n) is 9.15. The standard InChI is InChI=1S/C21H21N5OS/c1-4-15-7-8-17-18(10-15)28-21(24-17)26(13-16-6-5-9-22-12-16)20(27)19-14(2)11-23-25(19)3/h5-12H,4,13H2,1-3H3. The van der Waals surface area contributed by atoms with Crippen molar-refractivity contribution in [1.82, 2.24) is 19.7 Å². The molecule has 0 saturated carbocycles. The van der Waals surface area contributed by atoms with Gasteiger partial charge in [0.1, 0.15) is 5.69 Å². The summed E-state index contributed by atoms with van der Waals surface area (Å²) in [5.74, 6) is -0.115. The Kier molecular flexibility index (Phi) is 4.92. The number of hydrogen-bond donors (Lipinski definition) is 0. The summed E-state index contributed by atoms with van der Waals surface area (Å²) in [6.45, 7) is 4.43. The van der Waals surface area contributed by atoms with Gasteiger partial charge in [-0.3, -0.25) is 19.4 Å². The summed E-state index contributed by atoms with van der Waals surface area (Å²) in [5, 5.41) is 4.90. The Morgan fingerprint density at radius 3 is 2.75 bits per heavy atom. The fraction of sp³-hybridized carbons (Fsp3) is 0.238. The minimum atomic E-state index is -0.115. The second-order valence-corrected chi connectivity index (χ2v) is 7.71. The minimum Gasteiger partial charge on any atom is -0.278 e. The van der Waals surface area contributed by atoms with Gasteiger partial charge in [-0.25, -0.2) is 4.98 Å². The Morgan fingerprint density at radius 2 is 2.07 bits per heavy atom. The number of pyridine rings is 1. The van der Waals surface area contributed by atoms with Crippen molar-refractivity contribution in [3.63, 3.8) is 0 Å². The van der Waals surface area contributed by atoms with Crippen LogP contribution in [0.2, 0.25) is 0 Å². The van der Waals surface area contributed by atoms with Gasteiger partial charge < -0.3 is 0 Å². The van der Waals surface area contributed by atoms with Crippen LogP contribution in [-0.4, -0.2) is 25.7 Å². The first-order chi connectivity index (χ1) is 13.6. The van der Waals surface area contributed by atoms with Gasteiger partial charge in [0.15, 0.2) is 5.13 Å². The van der Waals surface area contributed by atoms with Gasteiger partial charge in [0.05, 0.1) is 23.0 Å². The smallest absolute Gasteiger partial charge is 0.278 e. The highest BCUT2D eigenvalue weighted by Gasteiger charge is 2.25. The lowest BCUT2D eigenvalue weighted by Gasteiger charge is -2.20. The van der Waals surface area contributed by atoms with Crippen molar-refractivity contribution in [2.24, 2.45) is 7.05 Å². The van der Waals surface area contributed by atoms with E-state index in [-0.39, 0.29) is 5.91 Å². The molecule has 4 aromatic rings. The molecule has 0 aliphatic heterocycles. The number of benzene rings is 1. The van der Waals surface area contributed by atoms with Crippen LogP contribution in [0.25, 0.3) is 10.2 Å². The quantitative estimate of drug-likeness (QED) is 0.513. The average Bonchev–Trinajstić information content (AvgIpc) is 3.28. The average molecular weight is 392 g/mol. The molecular weight excluding hydrogens is 370 g/mol. The van der Waals surface area contributed by atoms with Crippen molar-refractivity contribution in [3.8, 4) is 0 Å². The Balaban J connectivity index is 1.79. The van der Waals surface area contributed by atoms with Gasteiger partial charge in [-0.15, -0.1) is 0 Å². The molecule has 7 heteroatoms. The molecule has 0 saturated heterocycles. The predicted molar refractivity (Wildman–Crippen MR) is 112 cm³/mol. The van der Waals surface area contributed by atoms with Crippen molar-refractivity contribution in [2.45, 2.75) is 26.8 Å². The number of hydrogen-bond acceptors (Lipinski definition) is 5. The fourth-order valence-corrected chi connectivity index (χ4v) is 4.20. The molecule has 0 aliphatic rings. The second-order valence-electron chi connectivity index (χ2n) is 6.70. The number of aryl methyl sites for hydroxylation is 3. The number of nitrogens with zero attached hydrogens (tertiary/aromatic N) is 5. The lowest BCUT2D eigenvalue weighted by atomic mass is 10.2. The summed E-state index contributed by atoms with van der Waals surface area (Å²) in [4.78, 5) is 24.1. The Labute approximate surface area is 167 Å². The molecule has 0 atom stereocenters. The number of aromatic nitrogens is 4. The Bertz CT molecular complexity index is 1110. The third-order valence-corrected chi connectivity index (χ3v) is 5.75. The summed E-state index contributed by atoms with van der Waals surface area (Å²) in [6.07, 6.45) is 6.18. The molecule has 142 valence electrons. The van der Waals surface area contributed by atoms with Crippen LogP contribution in [0.5, 0.6) is 0 Å². The first kappa shape index (κ1) is 18.3. The minimum absolute atomic E-state index is 0.115. The van der Waals surface area contributed by atoms with Crippen LogP contribution in [0.15, 0.2) is 48.9 Å². The van der Waals surface area contributed by atoms with Gasteiger partial charge in [0, 0.05) is 19.4 Å². The molecule has 1 amide bonds. The highest BCUT2D eigenvalue weighted by molar-refractivity contribution is 7.22. The van der Waals surface area contributed by atoms with Crippen LogP contribution in [0.1, 0.15) is 34.1 Å². The molecule has 1 aromatic carbocycles. The summed E-state index contributed by atoms with van der Waals surface area (Å²) in [5.41, 5.74) is 4.53. The number of amides is 1. The third-order valence-electron chi connectivity index (χ3n) is 4.71. The SMILES string of the molecule is CCc1ccc2nc(N(Cc3cccnc3)C(=O)c3c(C)cnn3C)sc2c1. The van der Waals surface area contributed by atoms with Crippen molar-refractivity contribution in [3.05, 3.63) is 71.3 Å². The zero-order chi connectivity index (χ0) is 19.7. The number of carbonyl (C=O) groups is 1. The van der Waals surface area contributed by atoms with E-state index in [9.17, 15) is 4.79 Å². The van der Waals surface area contributed by atoms with E-state index in [1.54, 1.807) is 35.2 Å². The lowest BCUT2D eigenvalue weighted by molar-refractivity contribution is 0.0975. The molecule has 3 heterocycles. The summed E-state index contributed by atoms with van der Waals surface area (Å²) in [6, 6.07) is 10.1. The maximum atomic E-state index is 13.5. The van der Waals surface area contributed by atoms with Crippen LogP contribution in [0.3, 0.4) is 0 Å². The normalized spacial score (nSPS) is 11.1. The number of thiazole rings is 1. The zero-order valence-electron chi connectivity index (χ0n) is 16.1. The molecule has 0 unspecified atom stereocenters. The molecule has 0 N–H and O–H groups in total. The number of anilines is 1. The van der Waals surface area contributed by atoms with E-state index in [1.165, 1.54) is 16.9 Å². The van der Waals surface area contributed by atoms with Gasteiger partial charge in [-0.05, 0) is 48.2 Å². The van der Waals surface area contributed by atoms with Crippen molar-refractivity contribution < 1.29 is 4.79 Å². The highest BCUT2D eigenvalue weighted by atomic mass is 32.1. The molecule has 3 aromatic heterocycles. The van der Waals surface area contributed by atoms with Gasteiger partial charge in [0.2, 0.25) is 0 Å². The van der Waals surface area contributed by atoms with E-state index in [1.807, 2.05) is 25.1 Å². The van der Waals surface area contributed by atoms with E-state index in [2.05, 4.69) is 29.1 Å². The molecule has 6 nitrogen and oxygen atoms in total. The predicted octanol–water partition coefficient (Wildman–Crippen LogP) is 4.14. The van der Waals surface area contributed by atoms with Crippen LogP contribution in [-0.2, 0) is 20.0 Å². The second kappa shape index (κ2) is 7.52. The monoisotopic (exact) mass is 391 g/mol. The van der Waals surface area contributed by atoms with Gasteiger partial charge >= 0.3 is 0 Å². The van der Waals surface area contributed by atoms with Gasteiger partial charge in [0.25, 0.3) is 5.91 Å². The number of fused-ring (bicyclic) bond motifs is 1. The number of carbonyl (C=O) groups excluding carboxylic acids is 1. The van der Waals surface area contributed by atoms with Gasteiger partial charge in [-0.2, -0.15) is 5.10 Å². The van der Waals surface area contributed by atoms with E-state index in [4.69, 9.17) is 4.98 Å². The Hall–Kier alpha value is -3.06. The fourth-order valence-electron chi connectivity index (χ4n) is 3.17. The van der Waals surface area contributed by atoms with Crippen molar-refractivity contribution in [1.29, 1.82) is 0 Å². The largest absolute Gasteiger partial charge is 0.278 e. The highest BCUT2D eigenvalue weighted by Crippen LogP contribution is 2.32. The first-order valence-corrected chi connectivity index (χ1v) is 9.97. The summed E-state index contributed by atoms with van der Waals surface area (Å²) >= 11 is 1.54. The van der Waals surface area contributed by atoms with Crippen LogP contribution >= 0.6 is 11.3 Å². The molecule has 0 bridgehead atoms. The maximum Gasteiger partial charge on any atom is 0.278 e. The number of rotatable bonds is 5.